The molecule has 1 atom stereocenters. The Bertz CT molecular complexity index is 876. The number of ketones is 1. The van der Waals surface area contributed by atoms with E-state index >= 15 is 0 Å². The van der Waals surface area contributed by atoms with Crippen molar-refractivity contribution in [1.29, 1.82) is 0 Å². The third-order valence-corrected chi connectivity index (χ3v) is 7.01. The maximum atomic E-state index is 13.1. The smallest absolute Gasteiger partial charge is 0.299 e. The van der Waals surface area contributed by atoms with Gasteiger partial charge in [-0.05, 0) is 31.4 Å². The van der Waals surface area contributed by atoms with Crippen LogP contribution in [0.1, 0.15) is 29.6 Å². The second kappa shape index (κ2) is 7.83. The van der Waals surface area contributed by atoms with E-state index in [1.807, 2.05) is 0 Å². The van der Waals surface area contributed by atoms with Gasteiger partial charge in [0.15, 0.2) is 0 Å². The van der Waals surface area contributed by atoms with Crippen LogP contribution in [0.5, 0.6) is 0 Å². The molecule has 0 aromatic heterocycles. The number of methoxy groups -OCH3 is 1. The Morgan fingerprint density at radius 2 is 2.07 bits per heavy atom. The molecule has 2 aliphatic rings. The molecular weight excluding hydrogens is 399 g/mol. The maximum Gasteiger partial charge on any atom is 0.299 e. The van der Waals surface area contributed by atoms with Crippen LogP contribution in [0.2, 0.25) is 5.02 Å². The van der Waals surface area contributed by atoms with Crippen LogP contribution in [0.4, 0.5) is 10.1 Å². The maximum absolute atomic E-state index is 13.1. The number of halogens is 2. The Morgan fingerprint density at radius 1 is 1.33 bits per heavy atom. The Balaban J connectivity index is 2.01. The van der Waals surface area contributed by atoms with Gasteiger partial charge in [0.25, 0.3) is 11.7 Å². The third-order valence-electron chi connectivity index (χ3n) is 4.79. The van der Waals surface area contributed by atoms with E-state index in [4.69, 9.17) is 16.3 Å². The molecule has 0 unspecified atom stereocenters. The van der Waals surface area contributed by atoms with E-state index in [-0.39, 0.29) is 46.8 Å². The topological polar surface area (TPSA) is 84.0 Å². The van der Waals surface area contributed by atoms with E-state index in [1.165, 1.54) is 23.5 Å². The summed E-state index contributed by atoms with van der Waals surface area (Å²) in [5, 5.41) is -0.0216. The molecule has 0 bridgehead atoms. The molecule has 1 saturated heterocycles. The van der Waals surface area contributed by atoms with Crippen molar-refractivity contribution in [3.05, 3.63) is 22.7 Å². The van der Waals surface area contributed by atoms with Gasteiger partial charge in [-0.1, -0.05) is 11.6 Å². The highest BCUT2D eigenvalue weighted by Gasteiger charge is 2.41. The number of hydrogen-bond donors (Lipinski definition) is 0. The first-order valence-electron chi connectivity index (χ1n) is 8.59. The van der Waals surface area contributed by atoms with E-state index in [1.54, 1.807) is 0 Å². The number of fused-ring (bicyclic) bond motifs is 1. The van der Waals surface area contributed by atoms with E-state index in [0.29, 0.717) is 19.4 Å². The lowest BCUT2D eigenvalue weighted by molar-refractivity contribution is -0.114. The van der Waals surface area contributed by atoms with Crippen molar-refractivity contribution in [2.75, 3.05) is 38.4 Å². The average molecular weight is 419 g/mol. The lowest BCUT2D eigenvalue weighted by Gasteiger charge is -2.24. The lowest BCUT2D eigenvalue weighted by atomic mass is 10.1. The molecule has 0 aliphatic carbocycles. The molecule has 148 valence electrons. The van der Waals surface area contributed by atoms with Crippen molar-refractivity contribution in [2.45, 2.75) is 30.2 Å². The predicted molar refractivity (Wildman–Crippen MR) is 97.5 cm³/mol. The van der Waals surface area contributed by atoms with E-state index in [0.717, 1.165) is 4.90 Å². The van der Waals surface area contributed by atoms with Crippen molar-refractivity contribution < 1.29 is 27.1 Å². The molecule has 1 amide bonds. The average Bonchev–Trinajstić information content (AvgIpc) is 3.19. The number of anilines is 1. The zero-order valence-corrected chi connectivity index (χ0v) is 16.4. The molecule has 27 heavy (non-hydrogen) atoms. The van der Waals surface area contributed by atoms with Gasteiger partial charge in [-0.3, -0.25) is 14.0 Å². The van der Waals surface area contributed by atoms with Crippen LogP contribution in [-0.4, -0.2) is 63.9 Å². The molecule has 1 aromatic carbocycles. The zero-order chi connectivity index (χ0) is 19.8. The number of hydrogen-bond acceptors (Lipinski definition) is 5. The molecule has 1 fully saturated rings. The highest BCUT2D eigenvalue weighted by Crippen LogP contribution is 2.39. The van der Waals surface area contributed by atoms with Crippen LogP contribution in [0.25, 0.3) is 0 Å². The fourth-order valence-electron chi connectivity index (χ4n) is 3.56. The largest absolute Gasteiger partial charge is 0.383 e. The van der Waals surface area contributed by atoms with Gasteiger partial charge >= 0.3 is 0 Å². The number of carbonyl (C=O) groups excluding carboxylic acids is 2. The van der Waals surface area contributed by atoms with Gasteiger partial charge in [0, 0.05) is 26.2 Å². The Kier molecular flexibility index (Phi) is 5.85. The number of sulfonamides is 1. The summed E-state index contributed by atoms with van der Waals surface area (Å²) in [6.45, 7) is -0.0257. The van der Waals surface area contributed by atoms with Crippen LogP contribution < -0.4 is 4.90 Å². The molecule has 2 heterocycles. The highest BCUT2D eigenvalue weighted by atomic mass is 35.5. The molecule has 0 saturated carbocycles. The summed E-state index contributed by atoms with van der Waals surface area (Å²) in [5.41, 5.74) is 0.0846. The summed E-state index contributed by atoms with van der Waals surface area (Å²) in [6.07, 6.45) is 1.45. The summed E-state index contributed by atoms with van der Waals surface area (Å²) in [6, 6.07) is 2.14. The number of carbonyl (C=O) groups is 2. The van der Waals surface area contributed by atoms with Crippen LogP contribution in [0, 0.1) is 0 Å². The van der Waals surface area contributed by atoms with Crippen LogP contribution in [0.15, 0.2) is 17.0 Å². The normalized spacial score (nSPS) is 20.6. The van der Waals surface area contributed by atoms with E-state index in [2.05, 4.69) is 0 Å². The van der Waals surface area contributed by atoms with Gasteiger partial charge in [0.2, 0.25) is 10.0 Å². The first-order chi connectivity index (χ1) is 12.8. The first-order valence-corrected chi connectivity index (χ1v) is 10.4. The standard InChI is InChI=1S/C17H20ClFN2O5S/c1-26-10-11-4-2-7-21(11)27(24,25)12-8-13-15(14(18)9-12)20(6-3-5-19)17(23)16(13)22/h8-9,11H,2-7,10H2,1H3/t11-/m0/s1. The van der Waals surface area contributed by atoms with Gasteiger partial charge in [-0.25, -0.2) is 8.42 Å². The Hall–Kier alpha value is -1.55. The molecule has 3 rings (SSSR count). The van der Waals surface area contributed by atoms with Crippen LogP contribution >= 0.6 is 11.6 Å². The highest BCUT2D eigenvalue weighted by molar-refractivity contribution is 7.89. The third kappa shape index (κ3) is 3.49. The second-order valence-electron chi connectivity index (χ2n) is 6.50. The van der Waals surface area contributed by atoms with Gasteiger partial charge in [0.1, 0.15) is 0 Å². The monoisotopic (exact) mass is 418 g/mol. The van der Waals surface area contributed by atoms with Crippen molar-refractivity contribution in [2.24, 2.45) is 0 Å². The van der Waals surface area contributed by atoms with Crippen molar-refractivity contribution >= 4 is 39.0 Å². The molecule has 0 N–H and O–H groups in total. The van der Waals surface area contributed by atoms with Gasteiger partial charge < -0.3 is 9.64 Å². The summed E-state index contributed by atoms with van der Waals surface area (Å²) in [4.78, 5) is 25.5. The number of amides is 1. The Morgan fingerprint density at radius 3 is 2.74 bits per heavy atom. The molecule has 10 heteroatoms. The van der Waals surface area contributed by atoms with Gasteiger partial charge in [-0.15, -0.1) is 0 Å². The van der Waals surface area contributed by atoms with Gasteiger partial charge in [-0.2, -0.15) is 4.31 Å². The molecule has 1 aromatic rings. The minimum Gasteiger partial charge on any atom is -0.383 e. The number of benzene rings is 1. The minimum atomic E-state index is -3.90. The zero-order valence-electron chi connectivity index (χ0n) is 14.8. The number of rotatable bonds is 7. The molecular formula is C17H20ClFN2O5S. The van der Waals surface area contributed by atoms with Crippen LogP contribution in [0.3, 0.4) is 0 Å². The lowest BCUT2D eigenvalue weighted by Crippen LogP contribution is -2.38. The fraction of sp³-hybridized carbons (Fsp3) is 0.529. The fourth-order valence-corrected chi connectivity index (χ4v) is 5.68. The summed E-state index contributed by atoms with van der Waals surface area (Å²) in [7, 11) is -2.40. The minimum absolute atomic E-state index is 0.00191. The summed E-state index contributed by atoms with van der Waals surface area (Å²) < 4.78 is 45.1. The van der Waals surface area contributed by atoms with E-state index < -0.39 is 28.4 Å². The Labute approximate surface area is 162 Å². The molecule has 0 spiro atoms. The summed E-state index contributed by atoms with van der Waals surface area (Å²) >= 11 is 6.24. The number of ether oxygens (including phenoxy) is 1. The molecule has 2 aliphatic heterocycles. The first kappa shape index (κ1) is 20.2. The number of Topliss-reactive ketones (excluding diaryl/α,β-unsaturated/α-hetero) is 1. The van der Waals surface area contributed by atoms with E-state index in [9.17, 15) is 22.4 Å². The molecule has 0 radical (unpaired) electrons. The van der Waals surface area contributed by atoms with Crippen molar-refractivity contribution in [3.8, 4) is 0 Å². The second-order valence-corrected chi connectivity index (χ2v) is 8.79. The quantitative estimate of drug-likeness (QED) is 0.632. The van der Waals surface area contributed by atoms with Crippen LogP contribution in [-0.2, 0) is 19.6 Å². The SMILES string of the molecule is COC[C@@H]1CCCN1S(=O)(=O)c1cc(Cl)c2c(c1)C(=O)C(=O)N2CCCF. The number of alkyl halides is 1. The van der Waals surface area contributed by atoms with Crippen molar-refractivity contribution in [3.63, 3.8) is 0 Å². The number of nitrogens with zero attached hydrogens (tertiary/aromatic N) is 2. The molecule has 7 nitrogen and oxygen atoms in total. The van der Waals surface area contributed by atoms with Crippen molar-refractivity contribution in [1.82, 2.24) is 4.31 Å². The predicted octanol–water partition coefficient (Wildman–Crippen LogP) is 2.03. The summed E-state index contributed by atoms with van der Waals surface area (Å²) in [5.74, 6) is -1.66. The van der Waals surface area contributed by atoms with Gasteiger partial charge in [0.05, 0.1) is 34.5 Å².